The molecule has 2 rings (SSSR count). The van der Waals surface area contributed by atoms with E-state index in [-0.39, 0.29) is 6.04 Å². The molecule has 3 N–H and O–H groups in total. The number of benzene rings is 1. The quantitative estimate of drug-likeness (QED) is 0.817. The Morgan fingerprint density at radius 2 is 1.89 bits per heavy atom. The Labute approximate surface area is 114 Å². The SMILES string of the molecule is COc1ccc(C(CN)N2CCNCC2)cc1OC. The molecule has 0 aliphatic carbocycles. The van der Waals surface area contributed by atoms with Crippen LogP contribution in [0, 0.1) is 0 Å². The molecule has 106 valence electrons. The van der Waals surface area contributed by atoms with Crippen molar-refractivity contribution in [2.45, 2.75) is 6.04 Å². The molecule has 0 saturated carbocycles. The molecule has 1 fully saturated rings. The maximum absolute atomic E-state index is 5.96. The van der Waals surface area contributed by atoms with Crippen LogP contribution in [-0.2, 0) is 0 Å². The molecule has 1 heterocycles. The molecule has 0 radical (unpaired) electrons. The average Bonchev–Trinajstić information content (AvgIpc) is 2.49. The fourth-order valence-electron chi connectivity index (χ4n) is 2.55. The van der Waals surface area contributed by atoms with Gasteiger partial charge in [-0.1, -0.05) is 6.07 Å². The smallest absolute Gasteiger partial charge is 0.161 e. The van der Waals surface area contributed by atoms with Crippen LogP contribution in [0.2, 0.25) is 0 Å². The van der Waals surface area contributed by atoms with Gasteiger partial charge in [-0.25, -0.2) is 0 Å². The van der Waals surface area contributed by atoms with Crippen LogP contribution in [0.3, 0.4) is 0 Å². The summed E-state index contributed by atoms with van der Waals surface area (Å²) >= 11 is 0. The molecule has 1 aromatic rings. The fourth-order valence-corrected chi connectivity index (χ4v) is 2.55. The zero-order chi connectivity index (χ0) is 13.7. The van der Waals surface area contributed by atoms with Gasteiger partial charge in [-0.15, -0.1) is 0 Å². The molecule has 1 aliphatic rings. The first-order valence-electron chi connectivity index (χ1n) is 6.67. The van der Waals surface area contributed by atoms with Crippen molar-refractivity contribution in [1.29, 1.82) is 0 Å². The second kappa shape index (κ2) is 6.75. The molecule has 1 atom stereocenters. The third-order valence-electron chi connectivity index (χ3n) is 3.61. The van der Waals surface area contributed by atoms with Crippen LogP contribution >= 0.6 is 0 Å². The highest BCUT2D eigenvalue weighted by atomic mass is 16.5. The van der Waals surface area contributed by atoms with Crippen molar-refractivity contribution in [2.24, 2.45) is 5.73 Å². The van der Waals surface area contributed by atoms with Crippen LogP contribution < -0.4 is 20.5 Å². The minimum absolute atomic E-state index is 0.238. The Morgan fingerprint density at radius 3 is 2.47 bits per heavy atom. The van der Waals surface area contributed by atoms with Crippen molar-refractivity contribution >= 4 is 0 Å². The van der Waals surface area contributed by atoms with Gasteiger partial charge < -0.3 is 20.5 Å². The first-order chi connectivity index (χ1) is 9.30. The van der Waals surface area contributed by atoms with E-state index in [1.165, 1.54) is 5.56 Å². The molecule has 5 nitrogen and oxygen atoms in total. The van der Waals surface area contributed by atoms with E-state index in [0.717, 1.165) is 37.7 Å². The predicted molar refractivity (Wildman–Crippen MR) is 75.8 cm³/mol. The Kier molecular flexibility index (Phi) is 5.01. The number of ether oxygens (including phenoxy) is 2. The number of nitrogens with two attached hydrogens (primary N) is 1. The van der Waals surface area contributed by atoms with Gasteiger partial charge in [-0.2, -0.15) is 0 Å². The van der Waals surface area contributed by atoms with E-state index < -0.39 is 0 Å². The highest BCUT2D eigenvalue weighted by molar-refractivity contribution is 5.43. The normalized spacial score (nSPS) is 18.1. The van der Waals surface area contributed by atoms with Crippen molar-refractivity contribution in [3.63, 3.8) is 0 Å². The minimum Gasteiger partial charge on any atom is -0.493 e. The molecule has 0 amide bonds. The van der Waals surface area contributed by atoms with Gasteiger partial charge in [0.25, 0.3) is 0 Å². The zero-order valence-electron chi connectivity index (χ0n) is 11.7. The zero-order valence-corrected chi connectivity index (χ0v) is 11.7. The highest BCUT2D eigenvalue weighted by Crippen LogP contribution is 2.31. The van der Waals surface area contributed by atoms with Crippen molar-refractivity contribution < 1.29 is 9.47 Å². The molecule has 0 spiro atoms. The van der Waals surface area contributed by atoms with Gasteiger partial charge in [0.05, 0.1) is 14.2 Å². The van der Waals surface area contributed by atoms with Gasteiger partial charge in [0.2, 0.25) is 0 Å². The topological polar surface area (TPSA) is 59.8 Å². The van der Waals surface area contributed by atoms with Crippen LogP contribution in [0.15, 0.2) is 18.2 Å². The maximum Gasteiger partial charge on any atom is 0.161 e. The third-order valence-corrected chi connectivity index (χ3v) is 3.61. The molecule has 1 saturated heterocycles. The summed E-state index contributed by atoms with van der Waals surface area (Å²) in [6.45, 7) is 4.69. The van der Waals surface area contributed by atoms with Crippen molar-refractivity contribution in [3.8, 4) is 11.5 Å². The van der Waals surface area contributed by atoms with E-state index in [0.29, 0.717) is 6.54 Å². The molecule has 5 heteroatoms. The summed E-state index contributed by atoms with van der Waals surface area (Å²) in [6, 6.07) is 6.28. The van der Waals surface area contributed by atoms with Gasteiger partial charge in [-0.3, -0.25) is 4.90 Å². The van der Waals surface area contributed by atoms with E-state index in [1.54, 1.807) is 14.2 Å². The number of rotatable bonds is 5. The van der Waals surface area contributed by atoms with Gasteiger partial charge >= 0.3 is 0 Å². The Balaban J connectivity index is 2.22. The standard InChI is InChI=1S/C14H23N3O2/c1-18-13-4-3-11(9-14(13)19-2)12(10-15)17-7-5-16-6-8-17/h3-4,9,12,16H,5-8,10,15H2,1-2H3. The van der Waals surface area contributed by atoms with Crippen LogP contribution in [0.4, 0.5) is 0 Å². The van der Waals surface area contributed by atoms with Crippen LogP contribution in [0.1, 0.15) is 11.6 Å². The van der Waals surface area contributed by atoms with E-state index in [2.05, 4.69) is 16.3 Å². The first kappa shape index (κ1) is 14.1. The molecule has 0 bridgehead atoms. The second-order valence-corrected chi connectivity index (χ2v) is 4.65. The van der Waals surface area contributed by atoms with Crippen LogP contribution in [-0.4, -0.2) is 51.8 Å². The minimum atomic E-state index is 0.238. The Hall–Kier alpha value is -1.30. The number of nitrogens with zero attached hydrogens (tertiary/aromatic N) is 1. The summed E-state index contributed by atoms with van der Waals surface area (Å²) in [5.74, 6) is 1.51. The van der Waals surface area contributed by atoms with Crippen molar-refractivity contribution in [1.82, 2.24) is 10.2 Å². The summed E-state index contributed by atoms with van der Waals surface area (Å²) in [6.07, 6.45) is 0. The highest BCUT2D eigenvalue weighted by Gasteiger charge is 2.21. The van der Waals surface area contributed by atoms with E-state index in [1.807, 2.05) is 12.1 Å². The lowest BCUT2D eigenvalue weighted by molar-refractivity contribution is 0.177. The summed E-state index contributed by atoms with van der Waals surface area (Å²) in [5, 5.41) is 3.36. The van der Waals surface area contributed by atoms with Crippen LogP contribution in [0.5, 0.6) is 11.5 Å². The summed E-state index contributed by atoms with van der Waals surface area (Å²) in [4.78, 5) is 2.41. The summed E-state index contributed by atoms with van der Waals surface area (Å²) < 4.78 is 10.6. The second-order valence-electron chi connectivity index (χ2n) is 4.65. The molecular formula is C14H23N3O2. The monoisotopic (exact) mass is 265 g/mol. The molecular weight excluding hydrogens is 242 g/mol. The largest absolute Gasteiger partial charge is 0.493 e. The van der Waals surface area contributed by atoms with Gasteiger partial charge in [0, 0.05) is 38.8 Å². The average molecular weight is 265 g/mol. The number of nitrogens with one attached hydrogen (secondary N) is 1. The van der Waals surface area contributed by atoms with Crippen molar-refractivity contribution in [3.05, 3.63) is 23.8 Å². The van der Waals surface area contributed by atoms with Crippen LogP contribution in [0.25, 0.3) is 0 Å². The molecule has 1 unspecified atom stereocenters. The molecule has 19 heavy (non-hydrogen) atoms. The summed E-state index contributed by atoms with van der Waals surface area (Å²) in [7, 11) is 3.30. The molecule has 1 aliphatic heterocycles. The number of piperazine rings is 1. The number of hydrogen-bond acceptors (Lipinski definition) is 5. The van der Waals surface area contributed by atoms with E-state index >= 15 is 0 Å². The lowest BCUT2D eigenvalue weighted by atomic mass is 10.0. The van der Waals surface area contributed by atoms with E-state index in [9.17, 15) is 0 Å². The Bertz CT molecular complexity index is 406. The van der Waals surface area contributed by atoms with Gasteiger partial charge in [0.15, 0.2) is 11.5 Å². The fraction of sp³-hybridized carbons (Fsp3) is 0.571. The van der Waals surface area contributed by atoms with Crippen molar-refractivity contribution in [2.75, 3.05) is 46.9 Å². The van der Waals surface area contributed by atoms with E-state index in [4.69, 9.17) is 15.2 Å². The third kappa shape index (κ3) is 3.18. The molecule has 0 aromatic heterocycles. The lowest BCUT2D eigenvalue weighted by Crippen LogP contribution is -2.46. The number of methoxy groups -OCH3 is 2. The van der Waals surface area contributed by atoms with Gasteiger partial charge in [-0.05, 0) is 17.7 Å². The maximum atomic E-state index is 5.96. The predicted octanol–water partition coefficient (Wildman–Crippen LogP) is 0.609. The van der Waals surface area contributed by atoms with Gasteiger partial charge in [0.1, 0.15) is 0 Å². The lowest BCUT2D eigenvalue weighted by Gasteiger charge is -2.34. The number of hydrogen-bond donors (Lipinski definition) is 2. The molecule has 1 aromatic carbocycles. The first-order valence-corrected chi connectivity index (χ1v) is 6.67. The summed E-state index contributed by atoms with van der Waals surface area (Å²) in [5.41, 5.74) is 7.15. The Morgan fingerprint density at radius 1 is 1.21 bits per heavy atom.